The molecule has 0 aliphatic carbocycles. The molecule has 0 aliphatic heterocycles. The number of rotatable bonds is 18. The second-order valence-electron chi connectivity index (χ2n) is 8.35. The fourth-order valence-electron chi connectivity index (χ4n) is 3.71. The van der Waals surface area contributed by atoms with Crippen LogP contribution in [0.25, 0.3) is 0 Å². The molecule has 0 heterocycles. The lowest BCUT2D eigenvalue weighted by molar-refractivity contribution is -0.116. The van der Waals surface area contributed by atoms with Crippen molar-refractivity contribution in [2.75, 3.05) is 0 Å². The average molecular weight is 387 g/mol. The SMILES string of the molecule is CCCCCCCCCCCCCCCCc1ccc(C(=O)CC(C)=O)cc1. The Morgan fingerprint density at radius 2 is 1.07 bits per heavy atom. The van der Waals surface area contributed by atoms with Gasteiger partial charge in [-0.2, -0.15) is 0 Å². The molecule has 0 saturated heterocycles. The summed E-state index contributed by atoms with van der Waals surface area (Å²) in [6.07, 6.45) is 20.5. The summed E-state index contributed by atoms with van der Waals surface area (Å²) < 4.78 is 0. The zero-order valence-electron chi connectivity index (χ0n) is 18.4. The van der Waals surface area contributed by atoms with Crippen LogP contribution in [0.5, 0.6) is 0 Å². The predicted molar refractivity (Wildman–Crippen MR) is 120 cm³/mol. The molecule has 0 fully saturated rings. The molecule has 158 valence electrons. The van der Waals surface area contributed by atoms with Gasteiger partial charge in [-0.25, -0.2) is 0 Å². The average Bonchev–Trinajstić information content (AvgIpc) is 2.68. The smallest absolute Gasteiger partial charge is 0.170 e. The largest absolute Gasteiger partial charge is 0.300 e. The summed E-state index contributed by atoms with van der Waals surface area (Å²) >= 11 is 0. The molecular weight excluding hydrogens is 344 g/mol. The topological polar surface area (TPSA) is 34.1 Å². The lowest BCUT2D eigenvalue weighted by Crippen LogP contribution is -2.04. The predicted octanol–water partition coefficient (Wildman–Crippen LogP) is 7.87. The van der Waals surface area contributed by atoms with Crippen LogP contribution in [-0.2, 0) is 11.2 Å². The van der Waals surface area contributed by atoms with E-state index in [-0.39, 0.29) is 18.0 Å². The Bertz CT molecular complexity index is 530. The van der Waals surface area contributed by atoms with E-state index >= 15 is 0 Å². The summed E-state index contributed by atoms with van der Waals surface area (Å²) in [5.41, 5.74) is 1.94. The van der Waals surface area contributed by atoms with Crippen LogP contribution in [-0.4, -0.2) is 11.6 Å². The minimum absolute atomic E-state index is 0.0122. The van der Waals surface area contributed by atoms with E-state index in [1.807, 2.05) is 24.3 Å². The zero-order valence-corrected chi connectivity index (χ0v) is 18.4. The number of unbranched alkanes of at least 4 members (excludes halogenated alkanes) is 13. The highest BCUT2D eigenvalue weighted by Gasteiger charge is 2.08. The molecule has 0 saturated carbocycles. The number of carbonyl (C=O) groups is 2. The van der Waals surface area contributed by atoms with Gasteiger partial charge in [0.1, 0.15) is 5.78 Å². The van der Waals surface area contributed by atoms with Gasteiger partial charge in [0, 0.05) is 5.56 Å². The first-order chi connectivity index (χ1) is 13.6. The first kappa shape index (κ1) is 24.6. The van der Waals surface area contributed by atoms with Gasteiger partial charge in [-0.15, -0.1) is 0 Å². The third-order valence-corrected chi connectivity index (χ3v) is 5.50. The van der Waals surface area contributed by atoms with E-state index in [4.69, 9.17) is 0 Å². The zero-order chi connectivity index (χ0) is 20.5. The van der Waals surface area contributed by atoms with Crippen LogP contribution in [0.15, 0.2) is 24.3 Å². The highest BCUT2D eigenvalue weighted by atomic mass is 16.1. The molecule has 0 atom stereocenters. The highest BCUT2D eigenvalue weighted by Crippen LogP contribution is 2.14. The number of ketones is 2. The van der Waals surface area contributed by atoms with Crippen LogP contribution in [0.3, 0.4) is 0 Å². The highest BCUT2D eigenvalue weighted by molar-refractivity contribution is 6.07. The van der Waals surface area contributed by atoms with Crippen LogP contribution in [0.4, 0.5) is 0 Å². The fourth-order valence-corrected chi connectivity index (χ4v) is 3.71. The first-order valence-corrected chi connectivity index (χ1v) is 11.7. The second-order valence-corrected chi connectivity index (χ2v) is 8.35. The van der Waals surface area contributed by atoms with E-state index in [2.05, 4.69) is 6.92 Å². The van der Waals surface area contributed by atoms with Crippen LogP contribution in [0.2, 0.25) is 0 Å². The fraction of sp³-hybridized carbons (Fsp3) is 0.692. The lowest BCUT2D eigenvalue weighted by Gasteiger charge is -2.05. The molecule has 2 nitrogen and oxygen atoms in total. The quantitative estimate of drug-likeness (QED) is 0.146. The summed E-state index contributed by atoms with van der Waals surface area (Å²) in [5.74, 6) is -0.146. The molecule has 0 amide bonds. The van der Waals surface area contributed by atoms with E-state index in [0.29, 0.717) is 5.56 Å². The van der Waals surface area contributed by atoms with E-state index in [0.717, 1.165) is 6.42 Å². The molecule has 0 radical (unpaired) electrons. The molecule has 28 heavy (non-hydrogen) atoms. The van der Waals surface area contributed by atoms with Gasteiger partial charge in [-0.3, -0.25) is 9.59 Å². The summed E-state index contributed by atoms with van der Waals surface area (Å²) in [6.45, 7) is 3.74. The summed E-state index contributed by atoms with van der Waals surface area (Å²) in [7, 11) is 0. The third kappa shape index (κ3) is 12.9. The Hall–Kier alpha value is -1.44. The van der Waals surface area contributed by atoms with Gasteiger partial charge in [0.15, 0.2) is 5.78 Å². The van der Waals surface area contributed by atoms with Gasteiger partial charge >= 0.3 is 0 Å². The van der Waals surface area contributed by atoms with Gasteiger partial charge in [0.05, 0.1) is 6.42 Å². The molecular formula is C26H42O2. The summed E-state index contributed by atoms with van der Waals surface area (Å²) in [4.78, 5) is 22.9. The molecule has 0 spiro atoms. The van der Waals surface area contributed by atoms with Crippen LogP contribution >= 0.6 is 0 Å². The van der Waals surface area contributed by atoms with Crippen molar-refractivity contribution in [2.24, 2.45) is 0 Å². The van der Waals surface area contributed by atoms with Crippen LogP contribution in [0.1, 0.15) is 126 Å². The van der Waals surface area contributed by atoms with Gasteiger partial charge in [0.25, 0.3) is 0 Å². The standard InChI is InChI=1S/C26H42O2/c1-3-4-5-6-7-8-9-10-11-12-13-14-15-16-17-24-18-20-25(21-19-24)26(28)22-23(2)27/h18-21H,3-17,22H2,1-2H3. The first-order valence-electron chi connectivity index (χ1n) is 11.7. The molecule has 2 heteroatoms. The number of hydrogen-bond acceptors (Lipinski definition) is 2. The van der Waals surface area contributed by atoms with Crippen molar-refractivity contribution < 1.29 is 9.59 Å². The Morgan fingerprint density at radius 3 is 1.50 bits per heavy atom. The molecule has 0 aliphatic rings. The molecule has 0 aromatic heterocycles. The van der Waals surface area contributed by atoms with E-state index in [1.165, 1.54) is 102 Å². The maximum atomic E-state index is 11.8. The number of aryl methyl sites for hydroxylation is 1. The minimum atomic E-state index is -0.0736. The van der Waals surface area contributed by atoms with Crippen molar-refractivity contribution >= 4 is 11.6 Å². The Balaban J connectivity index is 1.95. The van der Waals surface area contributed by atoms with Crippen LogP contribution < -0.4 is 0 Å². The van der Waals surface area contributed by atoms with Crippen molar-refractivity contribution in [3.05, 3.63) is 35.4 Å². The number of hydrogen-bond donors (Lipinski definition) is 0. The van der Waals surface area contributed by atoms with Gasteiger partial charge < -0.3 is 0 Å². The number of benzene rings is 1. The Kier molecular flexibility index (Phi) is 14.5. The number of carbonyl (C=O) groups excluding carboxylic acids is 2. The van der Waals surface area contributed by atoms with E-state index < -0.39 is 0 Å². The normalized spacial score (nSPS) is 10.9. The number of Topliss-reactive ketones (excluding diaryl/α,β-unsaturated/α-hetero) is 2. The van der Waals surface area contributed by atoms with E-state index in [9.17, 15) is 9.59 Å². The molecule has 0 N–H and O–H groups in total. The van der Waals surface area contributed by atoms with Crippen molar-refractivity contribution in [1.29, 1.82) is 0 Å². The molecule has 0 bridgehead atoms. The van der Waals surface area contributed by atoms with Crippen molar-refractivity contribution in [1.82, 2.24) is 0 Å². The van der Waals surface area contributed by atoms with Gasteiger partial charge in [-0.05, 0) is 25.3 Å². The maximum absolute atomic E-state index is 11.8. The van der Waals surface area contributed by atoms with E-state index in [1.54, 1.807) is 0 Å². The molecule has 1 aromatic rings. The molecule has 0 unspecified atom stereocenters. The summed E-state index contributed by atoms with van der Waals surface area (Å²) in [6, 6.07) is 7.81. The van der Waals surface area contributed by atoms with Crippen molar-refractivity contribution in [3.8, 4) is 0 Å². The third-order valence-electron chi connectivity index (χ3n) is 5.50. The molecule has 1 rings (SSSR count). The van der Waals surface area contributed by atoms with Crippen molar-refractivity contribution in [3.63, 3.8) is 0 Å². The Labute approximate surface area is 173 Å². The summed E-state index contributed by atoms with van der Waals surface area (Å²) in [5, 5.41) is 0. The Morgan fingerprint density at radius 1 is 0.643 bits per heavy atom. The van der Waals surface area contributed by atoms with Gasteiger partial charge in [0.2, 0.25) is 0 Å². The van der Waals surface area contributed by atoms with Gasteiger partial charge in [-0.1, -0.05) is 115 Å². The van der Waals surface area contributed by atoms with Crippen LogP contribution in [0, 0.1) is 0 Å². The van der Waals surface area contributed by atoms with Crippen molar-refractivity contribution in [2.45, 2.75) is 117 Å². The maximum Gasteiger partial charge on any atom is 0.170 e. The molecule has 1 aromatic carbocycles. The second kappa shape index (κ2) is 16.5. The monoisotopic (exact) mass is 386 g/mol. The minimum Gasteiger partial charge on any atom is -0.300 e. The lowest BCUT2D eigenvalue weighted by atomic mass is 10.0.